The molecule has 29 heavy (non-hydrogen) atoms. The standard InChI is InChI=1S/C20H22ClN3O4S/c1-28-11-10-22-20(25)19(12-14-13-23-18-5-3-2-4-17(14)18)24-29(26,27)16-8-6-15(21)7-9-16/h2-9,13,19,23-24H,10-12H2,1H3,(H,22,25). The number of H-pyrrole nitrogens is 1. The first-order chi connectivity index (χ1) is 13.9. The van der Waals surface area contributed by atoms with E-state index in [1.807, 2.05) is 24.3 Å². The second kappa shape index (κ2) is 9.41. The molecule has 0 radical (unpaired) electrons. The summed E-state index contributed by atoms with van der Waals surface area (Å²) >= 11 is 5.84. The van der Waals surface area contributed by atoms with E-state index in [0.29, 0.717) is 11.6 Å². The Morgan fingerprint density at radius 1 is 1.17 bits per heavy atom. The van der Waals surface area contributed by atoms with Gasteiger partial charge in [0.25, 0.3) is 0 Å². The second-order valence-corrected chi connectivity index (χ2v) is 8.63. The molecule has 7 nitrogen and oxygen atoms in total. The number of rotatable bonds is 9. The minimum Gasteiger partial charge on any atom is -0.383 e. The number of ether oxygens (including phenoxy) is 1. The molecule has 1 amide bonds. The fraction of sp³-hybridized carbons (Fsp3) is 0.250. The second-order valence-electron chi connectivity index (χ2n) is 6.48. The quantitative estimate of drug-likeness (QED) is 0.449. The number of benzene rings is 2. The van der Waals surface area contributed by atoms with Gasteiger partial charge in [-0.1, -0.05) is 29.8 Å². The Balaban J connectivity index is 1.86. The maximum Gasteiger partial charge on any atom is 0.241 e. The third-order valence-electron chi connectivity index (χ3n) is 4.44. The van der Waals surface area contributed by atoms with Crippen molar-refractivity contribution in [1.82, 2.24) is 15.0 Å². The van der Waals surface area contributed by atoms with Crippen LogP contribution in [-0.4, -0.2) is 45.6 Å². The molecule has 0 fully saturated rings. The number of carbonyl (C=O) groups is 1. The molecule has 0 aliphatic rings. The van der Waals surface area contributed by atoms with Gasteiger partial charge in [0.2, 0.25) is 15.9 Å². The number of methoxy groups -OCH3 is 1. The Bertz CT molecular complexity index is 1080. The van der Waals surface area contributed by atoms with Crippen LogP contribution in [0.2, 0.25) is 5.02 Å². The first-order valence-electron chi connectivity index (χ1n) is 9.00. The number of nitrogens with one attached hydrogen (secondary N) is 3. The molecule has 2 aromatic carbocycles. The van der Waals surface area contributed by atoms with Gasteiger partial charge in [0.1, 0.15) is 6.04 Å². The third kappa shape index (κ3) is 5.36. The molecule has 1 atom stereocenters. The molecule has 0 spiro atoms. The maximum absolute atomic E-state index is 12.8. The molecular formula is C20H22ClN3O4S. The van der Waals surface area contributed by atoms with Crippen LogP contribution in [0.4, 0.5) is 0 Å². The van der Waals surface area contributed by atoms with Crippen LogP contribution in [-0.2, 0) is 26.0 Å². The van der Waals surface area contributed by atoms with E-state index < -0.39 is 22.0 Å². The number of halogens is 1. The van der Waals surface area contributed by atoms with E-state index >= 15 is 0 Å². The number of fused-ring (bicyclic) bond motifs is 1. The van der Waals surface area contributed by atoms with E-state index in [2.05, 4.69) is 15.0 Å². The number of para-hydroxylation sites is 1. The highest BCUT2D eigenvalue weighted by Crippen LogP contribution is 2.20. The summed E-state index contributed by atoms with van der Waals surface area (Å²) in [6.07, 6.45) is 1.98. The van der Waals surface area contributed by atoms with E-state index in [1.54, 1.807) is 6.20 Å². The normalized spacial score (nSPS) is 12.8. The summed E-state index contributed by atoms with van der Waals surface area (Å²) in [5, 5.41) is 4.07. The molecular weight excluding hydrogens is 414 g/mol. The summed E-state index contributed by atoms with van der Waals surface area (Å²) in [5.41, 5.74) is 1.76. The predicted molar refractivity (Wildman–Crippen MR) is 112 cm³/mol. The van der Waals surface area contributed by atoms with Crippen molar-refractivity contribution in [2.75, 3.05) is 20.3 Å². The maximum atomic E-state index is 12.8. The number of carbonyl (C=O) groups excluding carboxylic acids is 1. The number of sulfonamides is 1. The summed E-state index contributed by atoms with van der Waals surface area (Å²) in [7, 11) is -2.39. The zero-order valence-corrected chi connectivity index (χ0v) is 17.4. The predicted octanol–water partition coefficient (Wildman–Crippen LogP) is 2.47. The van der Waals surface area contributed by atoms with Crippen molar-refractivity contribution in [3.8, 4) is 0 Å². The lowest BCUT2D eigenvalue weighted by molar-refractivity contribution is -0.122. The van der Waals surface area contributed by atoms with Crippen molar-refractivity contribution in [1.29, 1.82) is 0 Å². The Hall–Kier alpha value is -2.39. The fourth-order valence-electron chi connectivity index (χ4n) is 2.98. The van der Waals surface area contributed by atoms with Gasteiger partial charge in [0.05, 0.1) is 11.5 Å². The zero-order valence-electron chi connectivity index (χ0n) is 15.8. The summed E-state index contributed by atoms with van der Waals surface area (Å²) in [6.45, 7) is 0.609. The van der Waals surface area contributed by atoms with Gasteiger partial charge in [-0.25, -0.2) is 8.42 Å². The van der Waals surface area contributed by atoms with Crippen molar-refractivity contribution < 1.29 is 17.9 Å². The van der Waals surface area contributed by atoms with E-state index in [9.17, 15) is 13.2 Å². The first-order valence-corrected chi connectivity index (χ1v) is 10.9. The highest BCUT2D eigenvalue weighted by molar-refractivity contribution is 7.89. The molecule has 3 N–H and O–H groups in total. The number of aromatic nitrogens is 1. The first kappa shape index (κ1) is 21.3. The number of hydrogen-bond acceptors (Lipinski definition) is 4. The molecule has 0 aliphatic heterocycles. The topological polar surface area (TPSA) is 100 Å². The van der Waals surface area contributed by atoms with Crippen LogP contribution in [0.15, 0.2) is 59.6 Å². The highest BCUT2D eigenvalue weighted by Gasteiger charge is 2.26. The van der Waals surface area contributed by atoms with Gasteiger partial charge in [0, 0.05) is 35.8 Å². The van der Waals surface area contributed by atoms with E-state index in [4.69, 9.17) is 16.3 Å². The van der Waals surface area contributed by atoms with Crippen LogP contribution in [0, 0.1) is 0 Å². The Kier molecular flexibility index (Phi) is 6.92. The smallest absolute Gasteiger partial charge is 0.241 e. The molecule has 1 heterocycles. The van der Waals surface area contributed by atoms with Crippen molar-refractivity contribution in [3.05, 3.63) is 65.3 Å². The molecule has 3 aromatic rings. The Labute approximate surface area is 174 Å². The summed E-state index contributed by atoms with van der Waals surface area (Å²) in [5.74, 6) is -0.426. The number of amides is 1. The van der Waals surface area contributed by atoms with Crippen LogP contribution in [0.3, 0.4) is 0 Å². The SMILES string of the molecule is COCCNC(=O)C(Cc1c[nH]c2ccccc12)NS(=O)(=O)c1ccc(Cl)cc1. The minimum atomic E-state index is -3.92. The largest absolute Gasteiger partial charge is 0.383 e. The van der Waals surface area contributed by atoms with Gasteiger partial charge in [-0.15, -0.1) is 0 Å². The molecule has 0 saturated heterocycles. The lowest BCUT2D eigenvalue weighted by Crippen LogP contribution is -2.48. The average molecular weight is 436 g/mol. The average Bonchev–Trinajstić information content (AvgIpc) is 3.11. The monoisotopic (exact) mass is 435 g/mol. The molecule has 1 unspecified atom stereocenters. The Morgan fingerprint density at radius 3 is 2.62 bits per heavy atom. The number of aromatic amines is 1. The molecule has 1 aromatic heterocycles. The molecule has 9 heteroatoms. The minimum absolute atomic E-state index is 0.0375. The molecule has 0 saturated carbocycles. The van der Waals surface area contributed by atoms with Crippen LogP contribution in [0.25, 0.3) is 10.9 Å². The van der Waals surface area contributed by atoms with Gasteiger partial charge in [0.15, 0.2) is 0 Å². The van der Waals surface area contributed by atoms with Crippen LogP contribution >= 0.6 is 11.6 Å². The van der Waals surface area contributed by atoms with Gasteiger partial charge in [-0.05, 0) is 42.3 Å². The number of hydrogen-bond donors (Lipinski definition) is 3. The summed E-state index contributed by atoms with van der Waals surface area (Å²) in [6, 6.07) is 12.4. The van der Waals surface area contributed by atoms with Crippen LogP contribution in [0.5, 0.6) is 0 Å². The van der Waals surface area contributed by atoms with Gasteiger partial charge in [-0.2, -0.15) is 4.72 Å². The van der Waals surface area contributed by atoms with Crippen LogP contribution < -0.4 is 10.0 Å². The van der Waals surface area contributed by atoms with Crippen molar-refractivity contribution >= 4 is 38.4 Å². The van der Waals surface area contributed by atoms with E-state index in [1.165, 1.54) is 31.4 Å². The molecule has 3 rings (SSSR count). The van der Waals surface area contributed by atoms with E-state index in [-0.39, 0.29) is 17.9 Å². The Morgan fingerprint density at radius 2 is 1.90 bits per heavy atom. The third-order valence-corrected chi connectivity index (χ3v) is 6.18. The molecule has 154 valence electrons. The lowest BCUT2D eigenvalue weighted by Gasteiger charge is -2.18. The van der Waals surface area contributed by atoms with Crippen molar-refractivity contribution in [2.45, 2.75) is 17.4 Å². The van der Waals surface area contributed by atoms with Gasteiger partial charge in [-0.3, -0.25) is 4.79 Å². The fourth-order valence-corrected chi connectivity index (χ4v) is 4.30. The highest BCUT2D eigenvalue weighted by atomic mass is 35.5. The zero-order chi connectivity index (χ0) is 20.9. The summed E-state index contributed by atoms with van der Waals surface area (Å²) < 4.78 is 33.1. The lowest BCUT2D eigenvalue weighted by atomic mass is 10.1. The van der Waals surface area contributed by atoms with Crippen molar-refractivity contribution in [3.63, 3.8) is 0 Å². The summed E-state index contributed by atoms with van der Waals surface area (Å²) in [4.78, 5) is 15.9. The van der Waals surface area contributed by atoms with E-state index in [0.717, 1.165) is 16.5 Å². The van der Waals surface area contributed by atoms with Gasteiger partial charge >= 0.3 is 0 Å². The molecule has 0 bridgehead atoms. The van der Waals surface area contributed by atoms with Crippen LogP contribution in [0.1, 0.15) is 5.56 Å². The van der Waals surface area contributed by atoms with Crippen molar-refractivity contribution in [2.24, 2.45) is 0 Å². The molecule has 0 aliphatic carbocycles. The van der Waals surface area contributed by atoms with Gasteiger partial charge < -0.3 is 15.0 Å².